The topological polar surface area (TPSA) is 52.7 Å². The van der Waals surface area contributed by atoms with Crippen molar-refractivity contribution in [1.29, 1.82) is 0 Å². The molecule has 0 spiro atoms. The number of hydrogen-bond donors (Lipinski definition) is 2. The van der Waals surface area contributed by atoms with Crippen LogP contribution in [0, 0.1) is 5.92 Å². The van der Waals surface area contributed by atoms with Crippen molar-refractivity contribution in [3.8, 4) is 0 Å². The number of piperazine rings is 1. The molecule has 2 aliphatic carbocycles. The molecular formula is C14H27N3O. The summed E-state index contributed by atoms with van der Waals surface area (Å²) < 4.78 is 0. The van der Waals surface area contributed by atoms with Crippen LogP contribution in [-0.2, 0) is 0 Å². The molecule has 0 aromatic heterocycles. The third kappa shape index (κ3) is 2.87. The first-order chi connectivity index (χ1) is 8.68. The highest BCUT2D eigenvalue weighted by Gasteiger charge is 2.38. The SMILES string of the molecule is NC1(CO)CCC(N2CCN(CC3CC3)CC2)C1. The van der Waals surface area contributed by atoms with Crippen LogP contribution in [-0.4, -0.2) is 65.8 Å². The summed E-state index contributed by atoms with van der Waals surface area (Å²) in [6.45, 7) is 6.31. The van der Waals surface area contributed by atoms with Crippen LogP contribution in [0.2, 0.25) is 0 Å². The van der Waals surface area contributed by atoms with Crippen LogP contribution in [0.5, 0.6) is 0 Å². The van der Waals surface area contributed by atoms with Crippen LogP contribution < -0.4 is 5.73 Å². The van der Waals surface area contributed by atoms with Crippen molar-refractivity contribution in [1.82, 2.24) is 9.80 Å². The van der Waals surface area contributed by atoms with E-state index in [4.69, 9.17) is 5.73 Å². The third-order valence-electron chi connectivity index (χ3n) is 5.07. The molecule has 3 aliphatic rings. The smallest absolute Gasteiger partial charge is 0.0611 e. The highest BCUT2D eigenvalue weighted by Crippen LogP contribution is 2.32. The van der Waals surface area contributed by atoms with Gasteiger partial charge in [0, 0.05) is 44.3 Å². The lowest BCUT2D eigenvalue weighted by Gasteiger charge is -2.38. The van der Waals surface area contributed by atoms with Gasteiger partial charge in [0.25, 0.3) is 0 Å². The van der Waals surface area contributed by atoms with Crippen molar-refractivity contribution in [3.05, 3.63) is 0 Å². The number of aliphatic hydroxyl groups excluding tert-OH is 1. The van der Waals surface area contributed by atoms with Crippen molar-refractivity contribution < 1.29 is 5.11 Å². The Hall–Kier alpha value is -0.160. The number of hydrogen-bond acceptors (Lipinski definition) is 4. The van der Waals surface area contributed by atoms with Gasteiger partial charge in [0.1, 0.15) is 0 Å². The van der Waals surface area contributed by atoms with E-state index in [1.54, 1.807) is 0 Å². The number of rotatable bonds is 4. The van der Waals surface area contributed by atoms with Gasteiger partial charge in [-0.05, 0) is 38.0 Å². The zero-order valence-corrected chi connectivity index (χ0v) is 11.4. The minimum atomic E-state index is -0.296. The van der Waals surface area contributed by atoms with Crippen molar-refractivity contribution in [2.75, 3.05) is 39.3 Å². The Morgan fingerprint density at radius 2 is 1.83 bits per heavy atom. The number of nitrogens with two attached hydrogens (primary N) is 1. The van der Waals surface area contributed by atoms with Gasteiger partial charge in [-0.2, -0.15) is 0 Å². The van der Waals surface area contributed by atoms with Crippen molar-refractivity contribution in [3.63, 3.8) is 0 Å². The van der Waals surface area contributed by atoms with E-state index in [9.17, 15) is 5.11 Å². The third-order valence-corrected chi connectivity index (χ3v) is 5.07. The van der Waals surface area contributed by atoms with E-state index in [0.717, 1.165) is 18.8 Å². The molecule has 104 valence electrons. The largest absolute Gasteiger partial charge is 0.394 e. The van der Waals surface area contributed by atoms with Crippen LogP contribution in [0.15, 0.2) is 0 Å². The summed E-state index contributed by atoms with van der Waals surface area (Å²) in [5, 5.41) is 9.34. The van der Waals surface area contributed by atoms with Gasteiger partial charge in [-0.1, -0.05) is 0 Å². The Balaban J connectivity index is 1.45. The van der Waals surface area contributed by atoms with Crippen LogP contribution >= 0.6 is 0 Å². The predicted molar refractivity (Wildman–Crippen MR) is 72.4 cm³/mol. The summed E-state index contributed by atoms with van der Waals surface area (Å²) in [6, 6.07) is 0.616. The van der Waals surface area contributed by atoms with E-state index in [0.29, 0.717) is 6.04 Å². The Kier molecular flexibility index (Phi) is 3.63. The van der Waals surface area contributed by atoms with E-state index >= 15 is 0 Å². The molecule has 3 N–H and O–H groups in total. The molecule has 1 saturated heterocycles. The van der Waals surface area contributed by atoms with Crippen molar-refractivity contribution in [2.45, 2.75) is 43.7 Å². The molecule has 3 rings (SSSR count). The standard InChI is InChI=1S/C14H27N3O/c15-14(11-18)4-3-13(9-14)17-7-5-16(6-8-17)10-12-1-2-12/h12-13,18H,1-11,15H2. The molecular weight excluding hydrogens is 226 g/mol. The fraction of sp³-hybridized carbons (Fsp3) is 1.00. The van der Waals surface area contributed by atoms with E-state index < -0.39 is 0 Å². The fourth-order valence-corrected chi connectivity index (χ4v) is 3.56. The van der Waals surface area contributed by atoms with Crippen molar-refractivity contribution in [2.24, 2.45) is 11.7 Å². The quantitative estimate of drug-likeness (QED) is 0.754. The molecule has 0 aromatic carbocycles. The monoisotopic (exact) mass is 253 g/mol. The molecule has 0 bridgehead atoms. The highest BCUT2D eigenvalue weighted by atomic mass is 16.3. The van der Waals surface area contributed by atoms with Crippen LogP contribution in [0.1, 0.15) is 32.1 Å². The Labute approximate surface area is 110 Å². The van der Waals surface area contributed by atoms with Gasteiger partial charge >= 0.3 is 0 Å². The lowest BCUT2D eigenvalue weighted by Crippen LogP contribution is -2.51. The zero-order valence-electron chi connectivity index (χ0n) is 11.4. The Morgan fingerprint density at radius 1 is 1.11 bits per heavy atom. The van der Waals surface area contributed by atoms with E-state index in [-0.39, 0.29) is 12.1 Å². The zero-order chi connectivity index (χ0) is 12.6. The summed E-state index contributed by atoms with van der Waals surface area (Å²) in [6.07, 6.45) is 6.03. The van der Waals surface area contributed by atoms with Crippen LogP contribution in [0.4, 0.5) is 0 Å². The maximum Gasteiger partial charge on any atom is 0.0611 e. The van der Waals surface area contributed by atoms with Gasteiger partial charge in [0.2, 0.25) is 0 Å². The summed E-state index contributed by atoms with van der Waals surface area (Å²) in [5.74, 6) is 1.01. The maximum absolute atomic E-state index is 9.34. The summed E-state index contributed by atoms with van der Waals surface area (Å²) >= 11 is 0. The molecule has 2 saturated carbocycles. The first kappa shape index (κ1) is 12.9. The fourth-order valence-electron chi connectivity index (χ4n) is 3.56. The van der Waals surface area contributed by atoms with Gasteiger partial charge in [0.05, 0.1) is 6.61 Å². The molecule has 4 nitrogen and oxygen atoms in total. The van der Waals surface area contributed by atoms with Crippen LogP contribution in [0.3, 0.4) is 0 Å². The highest BCUT2D eigenvalue weighted by molar-refractivity contribution is 4.97. The predicted octanol–water partition coefficient (Wildman–Crippen LogP) is 0.256. The molecule has 3 fully saturated rings. The normalized spacial score (nSPS) is 39.3. The molecule has 0 radical (unpaired) electrons. The molecule has 2 atom stereocenters. The molecule has 2 unspecified atom stereocenters. The lowest BCUT2D eigenvalue weighted by molar-refractivity contribution is 0.0895. The second kappa shape index (κ2) is 5.08. The van der Waals surface area contributed by atoms with E-state index in [2.05, 4.69) is 9.80 Å². The van der Waals surface area contributed by atoms with Gasteiger partial charge in [-0.15, -0.1) is 0 Å². The molecule has 0 amide bonds. The maximum atomic E-state index is 9.34. The molecule has 0 aromatic rings. The van der Waals surface area contributed by atoms with Crippen LogP contribution in [0.25, 0.3) is 0 Å². The summed E-state index contributed by atoms with van der Waals surface area (Å²) in [7, 11) is 0. The first-order valence-electron chi connectivity index (χ1n) is 7.55. The van der Waals surface area contributed by atoms with E-state index in [1.807, 2.05) is 0 Å². The van der Waals surface area contributed by atoms with Gasteiger partial charge in [-0.3, -0.25) is 4.90 Å². The molecule has 18 heavy (non-hydrogen) atoms. The average molecular weight is 253 g/mol. The van der Waals surface area contributed by atoms with Gasteiger partial charge < -0.3 is 15.7 Å². The molecule has 1 aliphatic heterocycles. The van der Waals surface area contributed by atoms with Gasteiger partial charge in [0.15, 0.2) is 0 Å². The Morgan fingerprint density at radius 3 is 2.39 bits per heavy atom. The second-order valence-corrected chi connectivity index (χ2v) is 6.70. The van der Waals surface area contributed by atoms with E-state index in [1.165, 1.54) is 52.0 Å². The van der Waals surface area contributed by atoms with Crippen molar-refractivity contribution >= 4 is 0 Å². The number of nitrogens with zero attached hydrogens (tertiary/aromatic N) is 2. The minimum absolute atomic E-state index is 0.144. The average Bonchev–Trinajstić information content (AvgIpc) is 3.11. The molecule has 1 heterocycles. The number of aliphatic hydroxyl groups is 1. The summed E-state index contributed by atoms with van der Waals surface area (Å²) in [5.41, 5.74) is 5.87. The summed E-state index contributed by atoms with van der Waals surface area (Å²) in [4.78, 5) is 5.23. The minimum Gasteiger partial charge on any atom is -0.394 e. The Bertz CT molecular complexity index is 287. The lowest BCUT2D eigenvalue weighted by atomic mass is 10.0. The second-order valence-electron chi connectivity index (χ2n) is 6.70. The molecule has 4 heteroatoms. The first-order valence-corrected chi connectivity index (χ1v) is 7.55. The van der Waals surface area contributed by atoms with Gasteiger partial charge in [-0.25, -0.2) is 0 Å².